The van der Waals surface area contributed by atoms with Crippen molar-refractivity contribution in [3.63, 3.8) is 0 Å². The van der Waals surface area contributed by atoms with Crippen molar-refractivity contribution >= 4 is 23.2 Å². The topological polar surface area (TPSA) is 21.3 Å². The van der Waals surface area contributed by atoms with Crippen LogP contribution in [0.15, 0.2) is 30.3 Å². The zero-order valence-electron chi connectivity index (χ0n) is 12.6. The van der Waals surface area contributed by atoms with Crippen LogP contribution in [0.4, 0.5) is 0 Å². The molecule has 0 heterocycles. The molecule has 2 aromatic rings. The Balaban J connectivity index is 2.61. The Morgan fingerprint density at radius 1 is 1.10 bits per heavy atom. The molecule has 0 fully saturated rings. The van der Waals surface area contributed by atoms with Gasteiger partial charge in [0, 0.05) is 15.6 Å². The maximum atomic E-state index is 6.37. The van der Waals surface area contributed by atoms with Crippen LogP contribution in [-0.4, -0.2) is 14.2 Å². The lowest BCUT2D eigenvalue weighted by Crippen LogP contribution is -2.20. The maximum absolute atomic E-state index is 6.37. The molecule has 2 aromatic carbocycles. The molecule has 1 atom stereocenters. The highest BCUT2D eigenvalue weighted by Crippen LogP contribution is 2.37. The Morgan fingerprint density at radius 2 is 1.81 bits per heavy atom. The number of aryl methyl sites for hydroxylation is 2. The van der Waals surface area contributed by atoms with Gasteiger partial charge in [-0.2, -0.15) is 0 Å². The summed E-state index contributed by atoms with van der Waals surface area (Å²) in [5.41, 5.74) is 4.41. The van der Waals surface area contributed by atoms with Crippen LogP contribution in [-0.2, 0) is 0 Å². The monoisotopic (exact) mass is 323 g/mol. The van der Waals surface area contributed by atoms with Gasteiger partial charge in [0.2, 0.25) is 0 Å². The fourth-order valence-electron chi connectivity index (χ4n) is 2.67. The number of benzene rings is 2. The van der Waals surface area contributed by atoms with Crippen LogP contribution < -0.4 is 10.1 Å². The lowest BCUT2D eigenvalue weighted by Gasteiger charge is -2.23. The molecule has 0 aliphatic rings. The molecular weight excluding hydrogens is 305 g/mol. The highest BCUT2D eigenvalue weighted by Gasteiger charge is 2.21. The summed E-state index contributed by atoms with van der Waals surface area (Å²) in [6.07, 6.45) is 0. The van der Waals surface area contributed by atoms with Gasteiger partial charge in [-0.3, -0.25) is 0 Å². The molecule has 1 unspecified atom stereocenters. The van der Waals surface area contributed by atoms with E-state index < -0.39 is 0 Å². The fourth-order valence-corrected chi connectivity index (χ4v) is 3.19. The molecule has 2 rings (SSSR count). The first kappa shape index (κ1) is 16.2. The van der Waals surface area contributed by atoms with Crippen molar-refractivity contribution in [1.82, 2.24) is 5.32 Å². The van der Waals surface area contributed by atoms with Crippen molar-refractivity contribution in [3.8, 4) is 5.75 Å². The number of ether oxygens (including phenoxy) is 1. The standard InChI is InChI=1S/C17H19Cl2NO/c1-10-7-11(2)16(15(8-10)21-4)17(20-3)13-6-5-12(18)9-14(13)19/h5-9,17,20H,1-4H3. The molecule has 4 heteroatoms. The number of methoxy groups -OCH3 is 1. The zero-order valence-corrected chi connectivity index (χ0v) is 14.1. The maximum Gasteiger partial charge on any atom is 0.124 e. The van der Waals surface area contributed by atoms with Crippen LogP contribution in [0, 0.1) is 13.8 Å². The molecule has 0 amide bonds. The summed E-state index contributed by atoms with van der Waals surface area (Å²) in [4.78, 5) is 0. The van der Waals surface area contributed by atoms with Gasteiger partial charge in [0.15, 0.2) is 0 Å². The van der Waals surface area contributed by atoms with E-state index in [1.165, 1.54) is 5.56 Å². The second-order valence-electron chi connectivity index (χ2n) is 5.09. The molecule has 112 valence electrons. The number of hydrogen-bond donors (Lipinski definition) is 1. The smallest absolute Gasteiger partial charge is 0.124 e. The molecule has 0 saturated carbocycles. The summed E-state index contributed by atoms with van der Waals surface area (Å²) < 4.78 is 5.57. The molecule has 0 radical (unpaired) electrons. The van der Waals surface area contributed by atoms with E-state index in [2.05, 4.69) is 25.2 Å². The lowest BCUT2D eigenvalue weighted by atomic mass is 9.93. The highest BCUT2D eigenvalue weighted by atomic mass is 35.5. The minimum atomic E-state index is -0.0506. The molecule has 0 aliphatic carbocycles. The second kappa shape index (κ2) is 6.69. The van der Waals surface area contributed by atoms with Gasteiger partial charge < -0.3 is 10.1 Å². The van der Waals surface area contributed by atoms with Gasteiger partial charge in [0.1, 0.15) is 5.75 Å². The summed E-state index contributed by atoms with van der Waals surface area (Å²) in [5.74, 6) is 0.859. The van der Waals surface area contributed by atoms with Crippen molar-refractivity contribution in [2.45, 2.75) is 19.9 Å². The van der Waals surface area contributed by atoms with Gasteiger partial charge in [0.05, 0.1) is 13.2 Å². The first-order valence-electron chi connectivity index (χ1n) is 6.75. The van der Waals surface area contributed by atoms with Crippen molar-refractivity contribution in [3.05, 3.63) is 62.6 Å². The minimum Gasteiger partial charge on any atom is -0.496 e. The average molecular weight is 324 g/mol. The van der Waals surface area contributed by atoms with Crippen LogP contribution in [0.1, 0.15) is 28.3 Å². The van der Waals surface area contributed by atoms with E-state index in [0.29, 0.717) is 10.0 Å². The van der Waals surface area contributed by atoms with Crippen LogP contribution in [0.5, 0.6) is 5.75 Å². The fraction of sp³-hybridized carbons (Fsp3) is 0.294. The summed E-state index contributed by atoms with van der Waals surface area (Å²) in [6, 6.07) is 9.69. The first-order valence-corrected chi connectivity index (χ1v) is 7.51. The number of halogens is 2. The largest absolute Gasteiger partial charge is 0.496 e. The number of rotatable bonds is 4. The summed E-state index contributed by atoms with van der Waals surface area (Å²) >= 11 is 12.4. The van der Waals surface area contributed by atoms with Crippen LogP contribution >= 0.6 is 23.2 Å². The Bertz CT molecular complexity index is 655. The molecule has 21 heavy (non-hydrogen) atoms. The van der Waals surface area contributed by atoms with E-state index in [4.69, 9.17) is 27.9 Å². The molecule has 0 bridgehead atoms. The minimum absolute atomic E-state index is 0.0506. The Labute approximate surface area is 136 Å². The molecule has 0 spiro atoms. The molecule has 0 saturated heterocycles. The van der Waals surface area contributed by atoms with Crippen molar-refractivity contribution in [2.24, 2.45) is 0 Å². The number of nitrogens with one attached hydrogen (secondary N) is 1. The van der Waals surface area contributed by atoms with Gasteiger partial charge in [-0.1, -0.05) is 35.3 Å². The van der Waals surface area contributed by atoms with E-state index in [1.807, 2.05) is 25.2 Å². The summed E-state index contributed by atoms with van der Waals surface area (Å²) in [6.45, 7) is 4.14. The van der Waals surface area contributed by atoms with Crippen molar-refractivity contribution < 1.29 is 4.74 Å². The van der Waals surface area contributed by atoms with E-state index in [0.717, 1.165) is 22.4 Å². The molecule has 0 aromatic heterocycles. The molecule has 2 nitrogen and oxygen atoms in total. The molecular formula is C17H19Cl2NO. The van der Waals surface area contributed by atoms with Crippen LogP contribution in [0.25, 0.3) is 0 Å². The van der Waals surface area contributed by atoms with E-state index in [9.17, 15) is 0 Å². The van der Waals surface area contributed by atoms with Crippen LogP contribution in [0.3, 0.4) is 0 Å². The van der Waals surface area contributed by atoms with Crippen molar-refractivity contribution in [2.75, 3.05) is 14.2 Å². The summed E-state index contributed by atoms with van der Waals surface area (Å²) in [5, 5.41) is 4.60. The molecule has 0 aliphatic heterocycles. The SMILES string of the molecule is CNC(c1ccc(Cl)cc1Cl)c1c(C)cc(C)cc1OC. The normalized spacial score (nSPS) is 12.3. The quantitative estimate of drug-likeness (QED) is 0.861. The van der Waals surface area contributed by atoms with E-state index in [1.54, 1.807) is 13.2 Å². The third-order valence-corrected chi connectivity index (χ3v) is 4.13. The summed E-state index contributed by atoms with van der Waals surface area (Å²) in [7, 11) is 3.60. The Hall–Kier alpha value is -1.22. The van der Waals surface area contributed by atoms with Gasteiger partial charge in [0.25, 0.3) is 0 Å². The average Bonchev–Trinajstić information content (AvgIpc) is 2.42. The first-order chi connectivity index (χ1) is 9.97. The van der Waals surface area contributed by atoms with Gasteiger partial charge in [-0.15, -0.1) is 0 Å². The number of hydrogen-bond acceptors (Lipinski definition) is 2. The molecule has 1 N–H and O–H groups in total. The van der Waals surface area contributed by atoms with Gasteiger partial charge >= 0.3 is 0 Å². The van der Waals surface area contributed by atoms with E-state index in [-0.39, 0.29) is 6.04 Å². The highest BCUT2D eigenvalue weighted by molar-refractivity contribution is 6.35. The predicted octanol–water partition coefficient (Wildman–Crippen LogP) is 4.93. The van der Waals surface area contributed by atoms with Gasteiger partial charge in [-0.05, 0) is 55.8 Å². The van der Waals surface area contributed by atoms with Gasteiger partial charge in [-0.25, -0.2) is 0 Å². The second-order valence-corrected chi connectivity index (χ2v) is 5.93. The Morgan fingerprint density at radius 3 is 2.38 bits per heavy atom. The van der Waals surface area contributed by atoms with Crippen molar-refractivity contribution in [1.29, 1.82) is 0 Å². The Kier molecular flexibility index (Phi) is 5.15. The zero-order chi connectivity index (χ0) is 15.6. The van der Waals surface area contributed by atoms with Crippen LogP contribution in [0.2, 0.25) is 10.0 Å². The predicted molar refractivity (Wildman–Crippen MR) is 89.8 cm³/mol. The third-order valence-electron chi connectivity index (χ3n) is 3.56. The van der Waals surface area contributed by atoms with E-state index >= 15 is 0 Å². The third kappa shape index (κ3) is 3.34. The lowest BCUT2D eigenvalue weighted by molar-refractivity contribution is 0.404.